The summed E-state index contributed by atoms with van der Waals surface area (Å²) in [6, 6.07) is 11.3. The topological polar surface area (TPSA) is 93.4 Å². The molecule has 0 aliphatic heterocycles. The highest BCUT2D eigenvalue weighted by molar-refractivity contribution is 5.94. The lowest BCUT2D eigenvalue weighted by atomic mass is 9.51. The Balaban J connectivity index is 1.73. The molecular weight excluding hydrogens is 402 g/mol. The number of carbonyl (C=O) groups is 2. The Morgan fingerprint density at radius 2 is 1.94 bits per heavy atom. The van der Waals surface area contributed by atoms with Gasteiger partial charge in [-0.25, -0.2) is 0 Å². The van der Waals surface area contributed by atoms with Crippen molar-refractivity contribution >= 4 is 11.8 Å². The third-order valence-corrected chi connectivity index (χ3v) is 8.21. The van der Waals surface area contributed by atoms with Crippen molar-refractivity contribution in [1.29, 1.82) is 5.26 Å². The van der Waals surface area contributed by atoms with Crippen LogP contribution >= 0.6 is 0 Å². The molecular formula is C26H37N3O3. The van der Waals surface area contributed by atoms with Crippen molar-refractivity contribution in [1.82, 2.24) is 10.2 Å². The van der Waals surface area contributed by atoms with Crippen LogP contribution in [0, 0.1) is 40.4 Å². The van der Waals surface area contributed by atoms with Crippen LogP contribution in [0.1, 0.15) is 63.2 Å². The molecule has 0 bridgehead atoms. The van der Waals surface area contributed by atoms with Gasteiger partial charge in [0.15, 0.2) is 0 Å². The molecule has 0 aromatic heterocycles. The van der Waals surface area contributed by atoms with Crippen LogP contribution in [0.25, 0.3) is 0 Å². The highest BCUT2D eigenvalue weighted by Gasteiger charge is 2.54. The number of fused-ring (bicyclic) bond motifs is 1. The van der Waals surface area contributed by atoms with Crippen LogP contribution in [0.4, 0.5) is 0 Å². The minimum absolute atomic E-state index is 0.00140. The number of hydrogen-bond donors (Lipinski definition) is 2. The second-order valence-electron chi connectivity index (χ2n) is 10.2. The fraction of sp³-hybridized carbons (Fsp3) is 0.654. The number of hydrogen-bond acceptors (Lipinski definition) is 4. The van der Waals surface area contributed by atoms with E-state index in [4.69, 9.17) is 5.26 Å². The summed E-state index contributed by atoms with van der Waals surface area (Å²) in [6.07, 6.45) is 3.36. The SMILES string of the molecule is C[C@H]1[C@@H]2[C@@H](O)[C@@H]([C@H](C)C(=O)N(C)CCC#N)CC[C@@]2(C)CC[C@@H]1NC(=O)c1ccccc1. The molecule has 0 heterocycles. The lowest BCUT2D eigenvalue weighted by molar-refractivity contribution is -0.149. The van der Waals surface area contributed by atoms with Crippen LogP contribution in [0.15, 0.2) is 30.3 Å². The predicted octanol–water partition coefficient (Wildman–Crippen LogP) is 3.62. The van der Waals surface area contributed by atoms with E-state index in [0.29, 0.717) is 18.5 Å². The number of aliphatic hydroxyl groups excluding tert-OH is 1. The smallest absolute Gasteiger partial charge is 0.251 e. The molecule has 174 valence electrons. The Bertz CT molecular complexity index is 852. The molecule has 1 aromatic rings. The fourth-order valence-corrected chi connectivity index (χ4v) is 6.20. The van der Waals surface area contributed by atoms with E-state index in [2.05, 4.69) is 25.2 Å². The Hall–Kier alpha value is -2.39. The summed E-state index contributed by atoms with van der Waals surface area (Å²) in [7, 11) is 1.73. The van der Waals surface area contributed by atoms with E-state index < -0.39 is 6.10 Å². The van der Waals surface area contributed by atoms with Crippen LogP contribution in [-0.4, -0.2) is 47.6 Å². The van der Waals surface area contributed by atoms with Crippen LogP contribution < -0.4 is 5.32 Å². The highest BCUT2D eigenvalue weighted by atomic mass is 16.3. The van der Waals surface area contributed by atoms with Gasteiger partial charge in [-0.1, -0.05) is 39.0 Å². The summed E-state index contributed by atoms with van der Waals surface area (Å²) < 4.78 is 0. The molecule has 6 heteroatoms. The maximum atomic E-state index is 12.9. The molecule has 2 N–H and O–H groups in total. The van der Waals surface area contributed by atoms with Crippen molar-refractivity contribution in [2.75, 3.05) is 13.6 Å². The van der Waals surface area contributed by atoms with E-state index in [-0.39, 0.29) is 46.9 Å². The summed E-state index contributed by atoms with van der Waals surface area (Å²) >= 11 is 0. The Labute approximate surface area is 192 Å². The second kappa shape index (κ2) is 10.0. The number of nitriles is 1. The summed E-state index contributed by atoms with van der Waals surface area (Å²) in [6.45, 7) is 6.71. The first-order valence-electron chi connectivity index (χ1n) is 11.9. The summed E-state index contributed by atoms with van der Waals surface area (Å²) in [5.74, 6) is -0.365. The van der Waals surface area contributed by atoms with Gasteiger partial charge in [-0.05, 0) is 61.0 Å². The van der Waals surface area contributed by atoms with Crippen LogP contribution in [0.3, 0.4) is 0 Å². The molecule has 0 saturated heterocycles. The molecule has 3 rings (SSSR count). The molecule has 0 spiro atoms. The second-order valence-corrected chi connectivity index (χ2v) is 10.2. The molecule has 7 atom stereocenters. The van der Waals surface area contributed by atoms with Gasteiger partial charge >= 0.3 is 0 Å². The maximum Gasteiger partial charge on any atom is 0.251 e. The van der Waals surface area contributed by atoms with Crippen LogP contribution in [0.2, 0.25) is 0 Å². The minimum Gasteiger partial charge on any atom is -0.392 e. The molecule has 2 fully saturated rings. The first-order chi connectivity index (χ1) is 15.2. The van der Waals surface area contributed by atoms with Crippen molar-refractivity contribution in [3.63, 3.8) is 0 Å². The normalized spacial score (nSPS) is 32.8. The zero-order valence-corrected chi connectivity index (χ0v) is 19.8. The van der Waals surface area contributed by atoms with E-state index in [1.807, 2.05) is 37.3 Å². The van der Waals surface area contributed by atoms with Gasteiger partial charge in [-0.3, -0.25) is 9.59 Å². The van der Waals surface area contributed by atoms with E-state index in [1.165, 1.54) is 0 Å². The van der Waals surface area contributed by atoms with Gasteiger partial charge in [-0.15, -0.1) is 0 Å². The number of amides is 2. The average molecular weight is 440 g/mol. The number of benzene rings is 1. The standard InChI is InChI=1S/C26H37N3O3/c1-17(25(32)29(4)16-8-15-27)20-11-13-26(3)14-12-21(18(2)22(26)23(20)30)28-24(31)19-9-6-5-7-10-19/h5-7,9-10,17-18,20-23,30H,8,11-14,16H2,1-4H3,(H,28,31)/t17-,18+,20+,21-,22+,23-,26-/m0/s1. The van der Waals surface area contributed by atoms with Gasteiger partial charge in [0.2, 0.25) is 5.91 Å². The quantitative estimate of drug-likeness (QED) is 0.708. The van der Waals surface area contributed by atoms with Gasteiger partial charge in [0, 0.05) is 31.1 Å². The Kier molecular flexibility index (Phi) is 7.61. The van der Waals surface area contributed by atoms with Gasteiger partial charge in [0.1, 0.15) is 0 Å². The molecule has 2 amide bonds. The zero-order valence-electron chi connectivity index (χ0n) is 19.8. The average Bonchev–Trinajstić information content (AvgIpc) is 2.79. The summed E-state index contributed by atoms with van der Waals surface area (Å²) in [5.41, 5.74) is 0.661. The lowest BCUT2D eigenvalue weighted by Gasteiger charge is -2.56. The molecule has 2 saturated carbocycles. The molecule has 0 radical (unpaired) electrons. The minimum atomic E-state index is -0.594. The zero-order chi connectivity index (χ0) is 23.5. The fourth-order valence-electron chi connectivity index (χ4n) is 6.20. The van der Waals surface area contributed by atoms with Crippen molar-refractivity contribution < 1.29 is 14.7 Å². The summed E-state index contributed by atoms with van der Waals surface area (Å²) in [4.78, 5) is 27.3. The van der Waals surface area contributed by atoms with E-state index in [1.54, 1.807) is 11.9 Å². The number of carbonyl (C=O) groups excluding carboxylic acids is 2. The number of nitrogens with zero attached hydrogens (tertiary/aromatic N) is 2. The highest BCUT2D eigenvalue weighted by Crippen LogP contribution is 2.55. The molecule has 32 heavy (non-hydrogen) atoms. The number of rotatable bonds is 6. The first-order valence-corrected chi connectivity index (χ1v) is 11.9. The van der Waals surface area contributed by atoms with Gasteiger partial charge in [0.05, 0.1) is 18.6 Å². The monoisotopic (exact) mass is 439 g/mol. The molecule has 2 aliphatic carbocycles. The third-order valence-electron chi connectivity index (χ3n) is 8.21. The van der Waals surface area contributed by atoms with Crippen molar-refractivity contribution in [3.05, 3.63) is 35.9 Å². The number of nitrogens with one attached hydrogen (secondary N) is 1. The lowest BCUT2D eigenvalue weighted by Crippen LogP contribution is -2.58. The molecule has 2 aliphatic rings. The number of aliphatic hydroxyl groups is 1. The van der Waals surface area contributed by atoms with Crippen molar-refractivity contribution in [2.45, 2.75) is 65.0 Å². The van der Waals surface area contributed by atoms with Crippen LogP contribution in [0.5, 0.6) is 0 Å². The van der Waals surface area contributed by atoms with E-state index in [9.17, 15) is 14.7 Å². The van der Waals surface area contributed by atoms with Crippen molar-refractivity contribution in [3.8, 4) is 6.07 Å². The van der Waals surface area contributed by atoms with Gasteiger partial charge in [0.25, 0.3) is 5.91 Å². The largest absolute Gasteiger partial charge is 0.392 e. The molecule has 0 unspecified atom stereocenters. The Morgan fingerprint density at radius 3 is 2.59 bits per heavy atom. The van der Waals surface area contributed by atoms with Gasteiger partial charge in [-0.2, -0.15) is 5.26 Å². The maximum absolute atomic E-state index is 12.9. The van der Waals surface area contributed by atoms with Crippen molar-refractivity contribution in [2.24, 2.45) is 29.1 Å². The van der Waals surface area contributed by atoms with Crippen LogP contribution in [-0.2, 0) is 4.79 Å². The molecule has 6 nitrogen and oxygen atoms in total. The predicted molar refractivity (Wildman–Crippen MR) is 123 cm³/mol. The first kappa shape index (κ1) is 24.3. The summed E-state index contributed by atoms with van der Waals surface area (Å²) in [5, 5.41) is 23.5. The van der Waals surface area contributed by atoms with Gasteiger partial charge < -0.3 is 15.3 Å². The third kappa shape index (κ3) is 4.83. The molecule has 1 aromatic carbocycles. The van der Waals surface area contributed by atoms with E-state index in [0.717, 1.165) is 25.7 Å². The van der Waals surface area contributed by atoms with E-state index >= 15 is 0 Å². The Morgan fingerprint density at radius 1 is 1.28 bits per heavy atom.